The summed E-state index contributed by atoms with van der Waals surface area (Å²) in [4.78, 5) is 14.5. The van der Waals surface area contributed by atoms with Crippen LogP contribution in [-0.4, -0.2) is 36.5 Å². The molecular formula is C14H28N2O. The quantitative estimate of drug-likeness (QED) is 0.706. The maximum atomic E-state index is 12.3. The Kier molecular flexibility index (Phi) is 5.96. The molecule has 1 aliphatic carbocycles. The van der Waals surface area contributed by atoms with Crippen LogP contribution in [0.1, 0.15) is 47.0 Å². The highest BCUT2D eigenvalue weighted by molar-refractivity contribution is 5.79. The molecule has 100 valence electrons. The van der Waals surface area contributed by atoms with Gasteiger partial charge in [-0.15, -0.1) is 0 Å². The van der Waals surface area contributed by atoms with E-state index in [-0.39, 0.29) is 5.92 Å². The molecule has 0 aliphatic heterocycles. The van der Waals surface area contributed by atoms with Gasteiger partial charge in [0.2, 0.25) is 5.91 Å². The Hall–Kier alpha value is -0.570. The Morgan fingerprint density at radius 3 is 2.47 bits per heavy atom. The lowest BCUT2D eigenvalue weighted by atomic mass is 10.1. The second-order valence-corrected chi connectivity index (χ2v) is 5.65. The van der Waals surface area contributed by atoms with Gasteiger partial charge in [-0.05, 0) is 31.7 Å². The van der Waals surface area contributed by atoms with Gasteiger partial charge < -0.3 is 10.2 Å². The highest BCUT2D eigenvalue weighted by Crippen LogP contribution is 2.28. The van der Waals surface area contributed by atoms with E-state index in [2.05, 4.69) is 31.0 Å². The lowest BCUT2D eigenvalue weighted by Gasteiger charge is -2.26. The van der Waals surface area contributed by atoms with Crippen LogP contribution in [0.15, 0.2) is 0 Å². The molecule has 17 heavy (non-hydrogen) atoms. The van der Waals surface area contributed by atoms with E-state index in [4.69, 9.17) is 0 Å². The second-order valence-electron chi connectivity index (χ2n) is 5.65. The summed E-state index contributed by atoms with van der Waals surface area (Å²) in [6.07, 6.45) is 3.53. The van der Waals surface area contributed by atoms with Crippen molar-refractivity contribution in [2.45, 2.75) is 53.0 Å². The number of hydrogen-bond donors (Lipinski definition) is 1. The summed E-state index contributed by atoms with van der Waals surface area (Å²) in [5.41, 5.74) is 0. The number of hydrogen-bond acceptors (Lipinski definition) is 2. The normalized spacial score (nSPS) is 17.2. The zero-order valence-electron chi connectivity index (χ0n) is 11.8. The van der Waals surface area contributed by atoms with Crippen molar-refractivity contribution < 1.29 is 4.79 Å². The van der Waals surface area contributed by atoms with Crippen molar-refractivity contribution in [2.75, 3.05) is 19.6 Å². The van der Waals surface area contributed by atoms with Crippen molar-refractivity contribution in [1.82, 2.24) is 10.2 Å². The van der Waals surface area contributed by atoms with Crippen molar-refractivity contribution in [1.29, 1.82) is 0 Å². The Bertz CT molecular complexity index is 236. The lowest BCUT2D eigenvalue weighted by Crippen LogP contribution is -2.41. The summed E-state index contributed by atoms with van der Waals surface area (Å²) >= 11 is 0. The molecule has 1 fully saturated rings. The average Bonchev–Trinajstić information content (AvgIpc) is 3.09. The van der Waals surface area contributed by atoms with Crippen LogP contribution in [0.3, 0.4) is 0 Å². The highest BCUT2D eigenvalue weighted by atomic mass is 16.2. The largest absolute Gasteiger partial charge is 0.339 e. The summed E-state index contributed by atoms with van der Waals surface area (Å²) in [6.45, 7) is 11.2. The van der Waals surface area contributed by atoms with Crippen molar-refractivity contribution in [2.24, 2.45) is 11.8 Å². The van der Waals surface area contributed by atoms with Crippen LogP contribution in [0.25, 0.3) is 0 Å². The zero-order chi connectivity index (χ0) is 12.8. The maximum absolute atomic E-state index is 12.3. The number of carbonyl (C=O) groups is 1. The fourth-order valence-corrected chi connectivity index (χ4v) is 1.99. The van der Waals surface area contributed by atoms with E-state index in [1.807, 2.05) is 6.92 Å². The SMILES string of the molecule is CCNCC(C)C(=O)N(CCC(C)C)C1CC1. The average molecular weight is 240 g/mol. The summed E-state index contributed by atoms with van der Waals surface area (Å²) in [5.74, 6) is 1.13. The fraction of sp³-hybridized carbons (Fsp3) is 0.929. The van der Waals surface area contributed by atoms with Gasteiger partial charge in [0.1, 0.15) is 0 Å². The molecule has 3 nitrogen and oxygen atoms in total. The predicted molar refractivity (Wildman–Crippen MR) is 71.9 cm³/mol. The molecule has 1 atom stereocenters. The van der Waals surface area contributed by atoms with E-state index in [0.29, 0.717) is 17.9 Å². The Labute approximate surface area is 106 Å². The predicted octanol–water partition coefficient (Wildman–Crippen LogP) is 2.27. The third-order valence-electron chi connectivity index (χ3n) is 3.34. The third-order valence-corrected chi connectivity index (χ3v) is 3.34. The zero-order valence-corrected chi connectivity index (χ0v) is 11.8. The van der Waals surface area contributed by atoms with E-state index >= 15 is 0 Å². The fourth-order valence-electron chi connectivity index (χ4n) is 1.99. The molecule has 0 aromatic carbocycles. The molecule has 1 aliphatic rings. The molecule has 1 N–H and O–H groups in total. The minimum absolute atomic E-state index is 0.114. The summed E-state index contributed by atoms with van der Waals surface area (Å²) in [5, 5.41) is 3.26. The Morgan fingerprint density at radius 2 is 2.00 bits per heavy atom. The van der Waals surface area contributed by atoms with Gasteiger partial charge in [0.05, 0.1) is 0 Å². The van der Waals surface area contributed by atoms with Crippen LogP contribution in [0.2, 0.25) is 0 Å². The van der Waals surface area contributed by atoms with Crippen LogP contribution in [-0.2, 0) is 4.79 Å². The molecule has 0 bridgehead atoms. The van der Waals surface area contributed by atoms with Crippen molar-refractivity contribution in [3.63, 3.8) is 0 Å². The highest BCUT2D eigenvalue weighted by Gasteiger charge is 2.33. The maximum Gasteiger partial charge on any atom is 0.226 e. The molecule has 0 radical (unpaired) electrons. The summed E-state index contributed by atoms with van der Waals surface area (Å²) in [6, 6.07) is 0.547. The third kappa shape index (κ3) is 5.07. The van der Waals surface area contributed by atoms with Crippen LogP contribution < -0.4 is 5.32 Å². The molecule has 0 aromatic heterocycles. The van der Waals surface area contributed by atoms with E-state index in [1.165, 1.54) is 12.8 Å². The number of rotatable bonds is 8. The van der Waals surface area contributed by atoms with Crippen LogP contribution in [0.5, 0.6) is 0 Å². The first-order valence-electron chi connectivity index (χ1n) is 7.07. The first-order chi connectivity index (χ1) is 8.06. The van der Waals surface area contributed by atoms with Crippen molar-refractivity contribution in [3.05, 3.63) is 0 Å². The first-order valence-corrected chi connectivity index (χ1v) is 7.07. The topological polar surface area (TPSA) is 32.3 Å². The monoisotopic (exact) mass is 240 g/mol. The van der Waals surface area contributed by atoms with Crippen LogP contribution >= 0.6 is 0 Å². The van der Waals surface area contributed by atoms with Crippen LogP contribution in [0, 0.1) is 11.8 Å². The molecule has 1 unspecified atom stereocenters. The molecule has 1 saturated carbocycles. The molecule has 0 spiro atoms. The second kappa shape index (κ2) is 7.00. The van der Waals surface area contributed by atoms with E-state index in [9.17, 15) is 4.79 Å². The standard InChI is InChI=1S/C14H28N2O/c1-5-15-10-12(4)14(17)16(13-6-7-13)9-8-11(2)3/h11-13,15H,5-10H2,1-4H3. The van der Waals surface area contributed by atoms with Gasteiger partial charge in [-0.1, -0.05) is 27.7 Å². The minimum atomic E-state index is 0.114. The minimum Gasteiger partial charge on any atom is -0.339 e. The van der Waals surface area contributed by atoms with Gasteiger partial charge in [0, 0.05) is 25.0 Å². The number of nitrogens with one attached hydrogen (secondary N) is 1. The number of carbonyl (C=O) groups excluding carboxylic acids is 1. The molecule has 1 amide bonds. The van der Waals surface area contributed by atoms with E-state index < -0.39 is 0 Å². The first kappa shape index (κ1) is 14.5. The lowest BCUT2D eigenvalue weighted by molar-refractivity contribution is -0.135. The molecule has 3 heteroatoms. The van der Waals surface area contributed by atoms with Gasteiger partial charge >= 0.3 is 0 Å². The Balaban J connectivity index is 2.42. The Morgan fingerprint density at radius 1 is 1.35 bits per heavy atom. The number of amides is 1. The molecule has 0 aromatic rings. The van der Waals surface area contributed by atoms with Gasteiger partial charge in [-0.2, -0.15) is 0 Å². The van der Waals surface area contributed by atoms with Crippen molar-refractivity contribution >= 4 is 5.91 Å². The number of nitrogens with zero attached hydrogens (tertiary/aromatic N) is 1. The van der Waals surface area contributed by atoms with Gasteiger partial charge in [-0.25, -0.2) is 0 Å². The van der Waals surface area contributed by atoms with Gasteiger partial charge in [0.25, 0.3) is 0 Å². The van der Waals surface area contributed by atoms with Crippen LogP contribution in [0.4, 0.5) is 0 Å². The summed E-state index contributed by atoms with van der Waals surface area (Å²) < 4.78 is 0. The van der Waals surface area contributed by atoms with E-state index in [0.717, 1.165) is 26.1 Å². The smallest absolute Gasteiger partial charge is 0.226 e. The molecular weight excluding hydrogens is 212 g/mol. The molecule has 0 saturated heterocycles. The van der Waals surface area contributed by atoms with Crippen molar-refractivity contribution in [3.8, 4) is 0 Å². The molecule has 1 rings (SSSR count). The molecule has 0 heterocycles. The van der Waals surface area contributed by atoms with Gasteiger partial charge in [-0.3, -0.25) is 4.79 Å². The van der Waals surface area contributed by atoms with E-state index in [1.54, 1.807) is 0 Å². The van der Waals surface area contributed by atoms with Gasteiger partial charge in [0.15, 0.2) is 0 Å². The summed E-state index contributed by atoms with van der Waals surface area (Å²) in [7, 11) is 0.